The Hall–Kier alpha value is -2.45. The van der Waals surface area contributed by atoms with Crippen molar-refractivity contribution in [2.24, 2.45) is 0 Å². The lowest BCUT2D eigenvalue weighted by atomic mass is 10.2. The third-order valence-corrected chi connectivity index (χ3v) is 7.21. The first kappa shape index (κ1) is 35.5. The van der Waals surface area contributed by atoms with Crippen LogP contribution in [0.25, 0.3) is 0 Å². The topological polar surface area (TPSA) is 95.5 Å². The maximum Gasteiger partial charge on any atom is 0.303 e. The molecule has 0 aromatic heterocycles. The highest BCUT2D eigenvalue weighted by atomic mass is 33.1. The van der Waals surface area contributed by atoms with Crippen LogP contribution in [0.4, 0.5) is 0 Å². The molecule has 0 aromatic carbocycles. The summed E-state index contributed by atoms with van der Waals surface area (Å²) in [6, 6.07) is 0. The molecule has 0 atom stereocenters. The summed E-state index contributed by atoms with van der Waals surface area (Å²) in [7, 11) is 3.26. The van der Waals surface area contributed by atoms with Crippen molar-refractivity contribution in [1.29, 1.82) is 0 Å². The Morgan fingerprint density at radius 2 is 0.974 bits per heavy atom. The minimum atomic E-state index is -0.968. The zero-order chi connectivity index (χ0) is 27.9. The standard InChI is InChI=1S/C30H46N2O4S2/c1-2-3-4-5-6-7-8-9-10-11-12-13-14-15-16-17-18-19-20-21-28(33)31-24-26-37-38-27-25-32-29(34)22-23-30(35)36/h3-4,6-7,9-10,12-13,15-16,18-19H,2,5,8,11,14,17,20-27H2,1H3,(H,31,33)(H,32,34)(H,35,36)/b4-3-,7-6-,10-9-,13-12-,16-15-,19-18-. The number of carboxylic acid groups (broad SMARTS) is 1. The van der Waals surface area contributed by atoms with Gasteiger partial charge in [-0.15, -0.1) is 0 Å². The highest BCUT2D eigenvalue weighted by Gasteiger charge is 2.04. The molecule has 0 radical (unpaired) electrons. The summed E-state index contributed by atoms with van der Waals surface area (Å²) in [5, 5.41) is 14.1. The van der Waals surface area contributed by atoms with E-state index in [1.54, 1.807) is 21.6 Å². The van der Waals surface area contributed by atoms with Crippen molar-refractivity contribution in [2.45, 2.75) is 71.1 Å². The Bertz CT molecular complexity index is 802. The third kappa shape index (κ3) is 29.8. The van der Waals surface area contributed by atoms with Crippen LogP contribution < -0.4 is 10.6 Å². The summed E-state index contributed by atoms with van der Waals surface area (Å²) in [5.41, 5.74) is 0. The maximum atomic E-state index is 11.9. The van der Waals surface area contributed by atoms with Crippen LogP contribution in [-0.2, 0) is 14.4 Å². The molecule has 6 nitrogen and oxygen atoms in total. The molecule has 0 heterocycles. The molecule has 38 heavy (non-hydrogen) atoms. The number of rotatable bonds is 24. The van der Waals surface area contributed by atoms with Crippen molar-refractivity contribution >= 4 is 39.4 Å². The molecule has 2 amide bonds. The molecule has 0 saturated heterocycles. The number of carbonyl (C=O) groups is 3. The van der Waals surface area contributed by atoms with Gasteiger partial charge in [0.25, 0.3) is 0 Å². The van der Waals surface area contributed by atoms with E-state index in [-0.39, 0.29) is 24.7 Å². The van der Waals surface area contributed by atoms with Crippen molar-refractivity contribution in [2.75, 3.05) is 24.6 Å². The quantitative estimate of drug-likeness (QED) is 0.0670. The van der Waals surface area contributed by atoms with Crippen molar-refractivity contribution in [1.82, 2.24) is 10.6 Å². The average Bonchev–Trinajstić information content (AvgIpc) is 2.90. The molecular formula is C30H46N2O4S2. The molecule has 0 fully saturated rings. The lowest BCUT2D eigenvalue weighted by molar-refractivity contribution is -0.138. The summed E-state index contributed by atoms with van der Waals surface area (Å²) in [5.74, 6) is 0.381. The normalized spacial score (nSPS) is 12.2. The first-order valence-electron chi connectivity index (χ1n) is 13.5. The SMILES string of the molecule is CC/C=C\C/C=C\C/C=C\C/C=C\C/C=C\C/C=C\CCC(=O)NCCSSCCNC(=O)CCC(=O)O. The van der Waals surface area contributed by atoms with Gasteiger partial charge in [0, 0.05) is 37.4 Å². The van der Waals surface area contributed by atoms with Crippen molar-refractivity contribution in [3.8, 4) is 0 Å². The van der Waals surface area contributed by atoms with E-state index in [9.17, 15) is 14.4 Å². The van der Waals surface area contributed by atoms with Crippen molar-refractivity contribution in [3.63, 3.8) is 0 Å². The minimum Gasteiger partial charge on any atom is -0.481 e. The fourth-order valence-electron chi connectivity index (χ4n) is 2.83. The predicted molar refractivity (Wildman–Crippen MR) is 165 cm³/mol. The predicted octanol–water partition coefficient (Wildman–Crippen LogP) is 6.94. The van der Waals surface area contributed by atoms with E-state index in [1.165, 1.54) is 0 Å². The Morgan fingerprint density at radius 3 is 1.39 bits per heavy atom. The molecular weight excluding hydrogens is 516 g/mol. The minimum absolute atomic E-state index is 0.0117. The zero-order valence-electron chi connectivity index (χ0n) is 22.8. The molecule has 0 aromatic rings. The highest BCUT2D eigenvalue weighted by Crippen LogP contribution is 2.19. The van der Waals surface area contributed by atoms with Crippen LogP contribution in [0.5, 0.6) is 0 Å². The number of aliphatic carboxylic acids is 1. The molecule has 0 spiro atoms. The van der Waals surface area contributed by atoms with E-state index in [0.29, 0.717) is 19.5 Å². The van der Waals surface area contributed by atoms with Gasteiger partial charge in [0.1, 0.15) is 0 Å². The summed E-state index contributed by atoms with van der Waals surface area (Å²) in [4.78, 5) is 33.6. The summed E-state index contributed by atoms with van der Waals surface area (Å²) in [6.07, 6.45) is 33.0. The second kappa shape index (κ2) is 29.1. The van der Waals surface area contributed by atoms with Crippen LogP contribution in [0.1, 0.15) is 71.1 Å². The van der Waals surface area contributed by atoms with Crippen molar-refractivity contribution in [3.05, 3.63) is 72.9 Å². The summed E-state index contributed by atoms with van der Waals surface area (Å²) >= 11 is 0. The molecule has 0 aliphatic rings. The maximum absolute atomic E-state index is 11.9. The number of nitrogens with one attached hydrogen (secondary N) is 2. The van der Waals surface area contributed by atoms with E-state index in [4.69, 9.17) is 5.11 Å². The zero-order valence-corrected chi connectivity index (χ0v) is 24.4. The van der Waals surface area contributed by atoms with Gasteiger partial charge in [-0.1, -0.05) is 101 Å². The summed E-state index contributed by atoms with van der Waals surface area (Å²) < 4.78 is 0. The van der Waals surface area contributed by atoms with E-state index in [0.717, 1.165) is 56.5 Å². The van der Waals surface area contributed by atoms with Gasteiger partial charge in [-0.2, -0.15) is 0 Å². The molecule has 0 rings (SSSR count). The van der Waals surface area contributed by atoms with Gasteiger partial charge in [0.05, 0.1) is 6.42 Å². The van der Waals surface area contributed by atoms with Gasteiger partial charge in [0.15, 0.2) is 0 Å². The van der Waals surface area contributed by atoms with E-state index in [2.05, 4.69) is 90.5 Å². The second-order valence-electron chi connectivity index (χ2n) is 8.19. The molecule has 0 saturated carbocycles. The lowest BCUT2D eigenvalue weighted by Gasteiger charge is -2.05. The van der Waals surface area contributed by atoms with Crippen LogP contribution >= 0.6 is 21.6 Å². The van der Waals surface area contributed by atoms with Gasteiger partial charge in [-0.05, 0) is 44.9 Å². The second-order valence-corrected chi connectivity index (χ2v) is 10.9. The number of carboxylic acids is 1. The fourth-order valence-corrected chi connectivity index (χ4v) is 4.65. The largest absolute Gasteiger partial charge is 0.481 e. The van der Waals surface area contributed by atoms with Crippen LogP contribution in [-0.4, -0.2) is 47.5 Å². The Morgan fingerprint density at radius 1 is 0.579 bits per heavy atom. The molecule has 0 aliphatic carbocycles. The molecule has 0 aliphatic heterocycles. The van der Waals surface area contributed by atoms with E-state index in [1.807, 2.05) is 0 Å². The molecule has 212 valence electrons. The molecule has 0 unspecified atom stereocenters. The number of allylic oxidation sites excluding steroid dienone is 12. The van der Waals surface area contributed by atoms with Crippen LogP contribution in [0, 0.1) is 0 Å². The first-order valence-corrected chi connectivity index (χ1v) is 15.9. The Kier molecular flexibility index (Phi) is 27.2. The lowest BCUT2D eigenvalue weighted by Crippen LogP contribution is -2.26. The monoisotopic (exact) mass is 562 g/mol. The van der Waals surface area contributed by atoms with Crippen LogP contribution in [0.15, 0.2) is 72.9 Å². The Labute approximate surface area is 237 Å². The number of hydrogen-bond donors (Lipinski definition) is 3. The van der Waals surface area contributed by atoms with Crippen LogP contribution in [0.3, 0.4) is 0 Å². The fraction of sp³-hybridized carbons (Fsp3) is 0.500. The van der Waals surface area contributed by atoms with Gasteiger partial charge in [-0.3, -0.25) is 14.4 Å². The summed E-state index contributed by atoms with van der Waals surface area (Å²) in [6.45, 7) is 3.27. The van der Waals surface area contributed by atoms with Gasteiger partial charge >= 0.3 is 5.97 Å². The number of amides is 2. The van der Waals surface area contributed by atoms with Crippen LogP contribution in [0.2, 0.25) is 0 Å². The molecule has 0 bridgehead atoms. The van der Waals surface area contributed by atoms with E-state index >= 15 is 0 Å². The number of carbonyl (C=O) groups excluding carboxylic acids is 2. The Balaban J connectivity index is 3.53. The molecule has 8 heteroatoms. The van der Waals surface area contributed by atoms with Crippen molar-refractivity contribution < 1.29 is 19.5 Å². The molecule has 3 N–H and O–H groups in total. The van der Waals surface area contributed by atoms with Gasteiger partial charge < -0.3 is 15.7 Å². The third-order valence-electron chi connectivity index (χ3n) is 4.80. The average molecular weight is 563 g/mol. The smallest absolute Gasteiger partial charge is 0.303 e. The number of hydrogen-bond acceptors (Lipinski definition) is 5. The van der Waals surface area contributed by atoms with Gasteiger partial charge in [-0.25, -0.2) is 0 Å². The van der Waals surface area contributed by atoms with E-state index < -0.39 is 5.97 Å². The first-order chi connectivity index (χ1) is 18.6. The highest BCUT2D eigenvalue weighted by molar-refractivity contribution is 8.76. The van der Waals surface area contributed by atoms with Gasteiger partial charge in [0.2, 0.25) is 11.8 Å².